The molecule has 0 saturated heterocycles. The second kappa shape index (κ2) is 49.8. The van der Waals surface area contributed by atoms with Crippen LogP contribution in [0.2, 0.25) is 0 Å². The normalized spacial score (nSPS) is 12.5. The van der Waals surface area contributed by atoms with Gasteiger partial charge in [0.2, 0.25) is 0 Å². The van der Waals surface area contributed by atoms with Gasteiger partial charge in [0.05, 0.1) is 0 Å². The highest BCUT2D eigenvalue weighted by Crippen LogP contribution is 2.14. The Labute approximate surface area is 377 Å². The first kappa shape index (κ1) is 58.1. The van der Waals surface area contributed by atoms with Gasteiger partial charge < -0.3 is 14.2 Å². The van der Waals surface area contributed by atoms with E-state index in [-0.39, 0.29) is 31.1 Å². The van der Waals surface area contributed by atoms with Crippen LogP contribution in [0.3, 0.4) is 0 Å². The van der Waals surface area contributed by atoms with Crippen molar-refractivity contribution >= 4 is 17.9 Å². The number of esters is 3. The van der Waals surface area contributed by atoms with Crippen LogP contribution >= 0.6 is 0 Å². The predicted molar refractivity (Wildman–Crippen MR) is 261 cm³/mol. The molecule has 0 bridgehead atoms. The number of ether oxygens (including phenoxy) is 3. The Balaban J connectivity index is 4.22. The predicted octanol–water partition coefficient (Wildman–Crippen LogP) is 16.9. The van der Waals surface area contributed by atoms with E-state index in [4.69, 9.17) is 14.2 Å². The Kier molecular flexibility index (Phi) is 47.4. The van der Waals surface area contributed by atoms with Gasteiger partial charge in [-0.15, -0.1) is 0 Å². The van der Waals surface area contributed by atoms with Crippen LogP contribution in [0.15, 0.2) is 60.8 Å². The lowest BCUT2D eigenvalue weighted by molar-refractivity contribution is -0.167. The Morgan fingerprint density at radius 2 is 0.623 bits per heavy atom. The molecule has 0 heterocycles. The molecule has 61 heavy (non-hydrogen) atoms. The van der Waals surface area contributed by atoms with Crippen molar-refractivity contribution in [1.29, 1.82) is 0 Å². The molecule has 0 rings (SSSR count). The molecule has 6 heteroatoms. The van der Waals surface area contributed by atoms with Crippen molar-refractivity contribution in [3.05, 3.63) is 60.8 Å². The fourth-order valence-corrected chi connectivity index (χ4v) is 7.07. The largest absolute Gasteiger partial charge is 0.462 e. The number of carbonyl (C=O) groups excluding carboxylic acids is 3. The van der Waals surface area contributed by atoms with Gasteiger partial charge in [-0.2, -0.15) is 0 Å². The monoisotopic (exact) mass is 853 g/mol. The van der Waals surface area contributed by atoms with Crippen molar-refractivity contribution in [3.63, 3.8) is 0 Å². The minimum absolute atomic E-state index is 0.0820. The number of hydrogen-bond donors (Lipinski definition) is 0. The lowest BCUT2D eigenvalue weighted by Crippen LogP contribution is -2.30. The molecular weight excluding hydrogens is 757 g/mol. The molecule has 0 aromatic heterocycles. The average molecular weight is 853 g/mol. The van der Waals surface area contributed by atoms with Crippen LogP contribution in [-0.4, -0.2) is 37.2 Å². The summed E-state index contributed by atoms with van der Waals surface area (Å²) in [5.74, 6) is -0.909. The topological polar surface area (TPSA) is 78.9 Å². The summed E-state index contributed by atoms with van der Waals surface area (Å²) >= 11 is 0. The minimum Gasteiger partial charge on any atom is -0.462 e. The molecule has 0 amide bonds. The summed E-state index contributed by atoms with van der Waals surface area (Å²) in [6, 6.07) is 0. The zero-order valence-electron chi connectivity index (χ0n) is 40.2. The number of allylic oxidation sites excluding steroid dienone is 10. The van der Waals surface area contributed by atoms with Gasteiger partial charge in [0.1, 0.15) is 13.2 Å². The van der Waals surface area contributed by atoms with Gasteiger partial charge in [0, 0.05) is 19.3 Å². The van der Waals surface area contributed by atoms with Crippen molar-refractivity contribution in [2.24, 2.45) is 0 Å². The van der Waals surface area contributed by atoms with Gasteiger partial charge in [-0.05, 0) is 83.5 Å². The van der Waals surface area contributed by atoms with Crippen molar-refractivity contribution in [3.8, 4) is 0 Å². The van der Waals surface area contributed by atoms with E-state index < -0.39 is 6.10 Å². The third-order valence-electron chi connectivity index (χ3n) is 11.0. The third kappa shape index (κ3) is 48.0. The summed E-state index contributed by atoms with van der Waals surface area (Å²) < 4.78 is 16.7. The molecule has 0 radical (unpaired) electrons. The first-order chi connectivity index (χ1) is 30.0. The summed E-state index contributed by atoms with van der Waals surface area (Å²) in [6.07, 6.45) is 60.8. The van der Waals surface area contributed by atoms with E-state index in [0.29, 0.717) is 19.3 Å². The van der Waals surface area contributed by atoms with Crippen molar-refractivity contribution in [2.45, 2.75) is 258 Å². The number of carbonyl (C=O) groups is 3. The molecule has 0 N–H and O–H groups in total. The Bertz CT molecular complexity index is 1120. The van der Waals surface area contributed by atoms with Crippen LogP contribution in [0.4, 0.5) is 0 Å². The van der Waals surface area contributed by atoms with Gasteiger partial charge in [0.25, 0.3) is 0 Å². The van der Waals surface area contributed by atoms with E-state index in [1.54, 1.807) is 0 Å². The van der Waals surface area contributed by atoms with Crippen LogP contribution in [0, 0.1) is 0 Å². The maximum atomic E-state index is 12.7. The smallest absolute Gasteiger partial charge is 0.306 e. The highest BCUT2D eigenvalue weighted by molar-refractivity contribution is 5.71. The Morgan fingerprint density at radius 3 is 0.984 bits per heavy atom. The first-order valence-corrected chi connectivity index (χ1v) is 25.8. The van der Waals surface area contributed by atoms with Gasteiger partial charge in [-0.1, -0.05) is 210 Å². The number of unbranched alkanes of at least 4 members (excludes halogenated alkanes) is 25. The Hall–Kier alpha value is -2.89. The van der Waals surface area contributed by atoms with Gasteiger partial charge in [-0.25, -0.2) is 0 Å². The second-order valence-corrected chi connectivity index (χ2v) is 17.1. The molecule has 0 aromatic carbocycles. The number of hydrogen-bond acceptors (Lipinski definition) is 6. The van der Waals surface area contributed by atoms with E-state index in [9.17, 15) is 14.4 Å². The van der Waals surface area contributed by atoms with Crippen LogP contribution < -0.4 is 0 Å². The lowest BCUT2D eigenvalue weighted by atomic mass is 10.1. The van der Waals surface area contributed by atoms with Gasteiger partial charge in [-0.3, -0.25) is 14.4 Å². The third-order valence-corrected chi connectivity index (χ3v) is 11.0. The summed E-state index contributed by atoms with van der Waals surface area (Å²) in [5.41, 5.74) is 0. The molecular formula is C55H96O6. The molecule has 0 spiro atoms. The van der Waals surface area contributed by atoms with Crippen LogP contribution in [0.1, 0.15) is 252 Å². The molecule has 6 nitrogen and oxygen atoms in total. The highest BCUT2D eigenvalue weighted by atomic mass is 16.6. The molecule has 0 aliphatic heterocycles. The quantitative estimate of drug-likeness (QED) is 0.0263. The molecule has 1 atom stereocenters. The van der Waals surface area contributed by atoms with Gasteiger partial charge in [0.15, 0.2) is 6.10 Å². The lowest BCUT2D eigenvalue weighted by Gasteiger charge is -2.18. The van der Waals surface area contributed by atoms with Crippen LogP contribution in [0.5, 0.6) is 0 Å². The molecule has 0 aliphatic rings. The minimum atomic E-state index is -0.780. The summed E-state index contributed by atoms with van der Waals surface area (Å²) in [4.78, 5) is 37.8. The zero-order valence-corrected chi connectivity index (χ0v) is 40.2. The van der Waals surface area contributed by atoms with Crippen molar-refractivity contribution in [1.82, 2.24) is 0 Å². The maximum absolute atomic E-state index is 12.7. The molecule has 1 unspecified atom stereocenters. The summed E-state index contributed by atoms with van der Waals surface area (Å²) in [6.45, 7) is 6.50. The fraction of sp³-hybridized carbons (Fsp3) is 0.764. The molecule has 352 valence electrons. The first-order valence-electron chi connectivity index (χ1n) is 25.8. The van der Waals surface area contributed by atoms with E-state index >= 15 is 0 Å². The van der Waals surface area contributed by atoms with E-state index in [2.05, 4.69) is 81.5 Å². The average Bonchev–Trinajstić information content (AvgIpc) is 3.26. The standard InChI is InChI=1S/C55H96O6/c1-4-7-10-13-16-18-20-22-23-24-25-26-27-28-29-30-31-33-34-36-39-42-45-48-54(57)60-51-52(50-59-53(56)47-44-41-38-15-12-9-6-3)61-55(58)49-46-43-40-37-35-32-21-19-17-14-11-8-5-2/h11,14,19-22,24-25,27-28,52H,4-10,12-13,15-18,23,26,29-51H2,1-3H3/b14-11-,21-19-,22-20-,25-24-,28-27-. The van der Waals surface area contributed by atoms with Crippen LogP contribution in [0.25, 0.3) is 0 Å². The molecule has 0 fully saturated rings. The second-order valence-electron chi connectivity index (χ2n) is 17.1. The van der Waals surface area contributed by atoms with E-state index in [1.165, 1.54) is 103 Å². The molecule has 0 aromatic rings. The van der Waals surface area contributed by atoms with Crippen molar-refractivity contribution in [2.75, 3.05) is 13.2 Å². The van der Waals surface area contributed by atoms with Gasteiger partial charge >= 0.3 is 17.9 Å². The van der Waals surface area contributed by atoms with E-state index in [0.717, 1.165) is 109 Å². The Morgan fingerprint density at radius 1 is 0.328 bits per heavy atom. The highest BCUT2D eigenvalue weighted by Gasteiger charge is 2.19. The summed E-state index contributed by atoms with van der Waals surface area (Å²) in [5, 5.41) is 0. The maximum Gasteiger partial charge on any atom is 0.306 e. The number of rotatable bonds is 46. The van der Waals surface area contributed by atoms with E-state index in [1.807, 2.05) is 0 Å². The van der Waals surface area contributed by atoms with Crippen LogP contribution in [-0.2, 0) is 28.6 Å². The van der Waals surface area contributed by atoms with Crippen molar-refractivity contribution < 1.29 is 28.6 Å². The molecule has 0 aliphatic carbocycles. The summed E-state index contributed by atoms with van der Waals surface area (Å²) in [7, 11) is 0. The fourth-order valence-electron chi connectivity index (χ4n) is 7.07. The zero-order chi connectivity index (χ0) is 44.4. The molecule has 0 saturated carbocycles. The SMILES string of the molecule is CCC/C=C\C/C=C\CCCCCCCC(=O)OC(COC(=O)CCCCCCCCC)COC(=O)CCCCCCCCCC/C=C\C/C=C\C/C=C\CCCCCCC.